The van der Waals surface area contributed by atoms with E-state index in [9.17, 15) is 4.79 Å². The van der Waals surface area contributed by atoms with Crippen molar-refractivity contribution in [1.82, 2.24) is 10.2 Å². The Balaban J connectivity index is 2.13. The first kappa shape index (κ1) is 15.1. The summed E-state index contributed by atoms with van der Waals surface area (Å²) in [5, 5.41) is 3.90. The number of hydrogen-bond acceptors (Lipinski definition) is 3. The van der Waals surface area contributed by atoms with E-state index in [4.69, 9.17) is 16.3 Å². The molecule has 1 fully saturated rings. The highest BCUT2D eigenvalue weighted by atomic mass is 35.5. The van der Waals surface area contributed by atoms with Crippen molar-refractivity contribution < 1.29 is 9.53 Å². The minimum atomic E-state index is -0.305. The Morgan fingerprint density at radius 1 is 1.55 bits per heavy atom. The Kier molecular flexibility index (Phi) is 4.55. The van der Waals surface area contributed by atoms with Gasteiger partial charge in [0.1, 0.15) is 5.75 Å². The van der Waals surface area contributed by atoms with E-state index in [1.165, 1.54) is 0 Å². The lowest BCUT2D eigenvalue weighted by Gasteiger charge is -2.28. The van der Waals surface area contributed by atoms with Crippen LogP contribution < -0.4 is 10.1 Å². The summed E-state index contributed by atoms with van der Waals surface area (Å²) in [6, 6.07) is 5.46. The molecule has 1 unspecified atom stereocenters. The predicted octanol–water partition coefficient (Wildman–Crippen LogP) is 2.31. The van der Waals surface area contributed by atoms with Gasteiger partial charge in [-0.1, -0.05) is 11.6 Å². The number of nitrogens with one attached hydrogen (secondary N) is 1. The highest BCUT2D eigenvalue weighted by Crippen LogP contribution is 2.29. The van der Waals surface area contributed by atoms with E-state index in [0.29, 0.717) is 11.6 Å². The summed E-state index contributed by atoms with van der Waals surface area (Å²) in [7, 11) is 3.45. The van der Waals surface area contributed by atoms with Gasteiger partial charge in [-0.25, -0.2) is 0 Å². The van der Waals surface area contributed by atoms with E-state index < -0.39 is 0 Å². The molecule has 110 valence electrons. The van der Waals surface area contributed by atoms with Gasteiger partial charge in [-0.05, 0) is 38.1 Å². The molecule has 1 amide bonds. The average molecular weight is 297 g/mol. The van der Waals surface area contributed by atoms with Crippen LogP contribution in [0, 0.1) is 5.41 Å². The molecule has 1 aliphatic heterocycles. The van der Waals surface area contributed by atoms with Gasteiger partial charge in [-0.2, -0.15) is 0 Å². The van der Waals surface area contributed by atoms with E-state index in [0.717, 1.165) is 30.8 Å². The lowest BCUT2D eigenvalue weighted by atomic mass is 9.88. The molecule has 1 aromatic rings. The van der Waals surface area contributed by atoms with Gasteiger partial charge in [0.05, 0.1) is 12.5 Å². The Hall–Kier alpha value is -1.26. The van der Waals surface area contributed by atoms with Gasteiger partial charge in [0.15, 0.2) is 0 Å². The summed E-state index contributed by atoms with van der Waals surface area (Å²) in [4.78, 5) is 14.3. The van der Waals surface area contributed by atoms with Gasteiger partial charge < -0.3 is 15.0 Å². The molecule has 1 atom stereocenters. The van der Waals surface area contributed by atoms with Gasteiger partial charge in [-0.3, -0.25) is 4.79 Å². The van der Waals surface area contributed by atoms with Crippen molar-refractivity contribution in [1.29, 1.82) is 0 Å². The smallest absolute Gasteiger partial charge is 0.229 e. The molecule has 1 aromatic carbocycles. The van der Waals surface area contributed by atoms with Gasteiger partial charge in [0.2, 0.25) is 5.91 Å². The minimum absolute atomic E-state index is 0.157. The molecule has 0 bridgehead atoms. The van der Waals surface area contributed by atoms with Gasteiger partial charge in [0, 0.05) is 30.7 Å². The fourth-order valence-electron chi connectivity index (χ4n) is 2.66. The summed E-state index contributed by atoms with van der Waals surface area (Å²) in [6.45, 7) is 4.15. The van der Waals surface area contributed by atoms with Crippen molar-refractivity contribution in [3.05, 3.63) is 28.8 Å². The maximum Gasteiger partial charge on any atom is 0.229 e. The van der Waals surface area contributed by atoms with Gasteiger partial charge in [0.25, 0.3) is 0 Å². The second-order valence-electron chi connectivity index (χ2n) is 5.60. The summed E-state index contributed by atoms with van der Waals surface area (Å²) in [5.41, 5.74) is 0.617. The molecule has 20 heavy (non-hydrogen) atoms. The maximum atomic E-state index is 12.6. The van der Waals surface area contributed by atoms with Crippen LogP contribution >= 0.6 is 11.6 Å². The minimum Gasteiger partial charge on any atom is -0.496 e. The average Bonchev–Trinajstić information content (AvgIpc) is 2.86. The fourth-order valence-corrected chi connectivity index (χ4v) is 2.85. The number of carbonyl (C=O) groups excluding carboxylic acids is 1. The van der Waals surface area contributed by atoms with Crippen LogP contribution in [0.2, 0.25) is 5.02 Å². The quantitative estimate of drug-likeness (QED) is 0.927. The van der Waals surface area contributed by atoms with Crippen LogP contribution in [0.1, 0.15) is 18.9 Å². The second-order valence-corrected chi connectivity index (χ2v) is 6.04. The molecular formula is C15H21ClN2O2. The molecule has 0 aliphatic carbocycles. The van der Waals surface area contributed by atoms with Gasteiger partial charge >= 0.3 is 0 Å². The molecule has 1 aliphatic rings. The number of methoxy groups -OCH3 is 1. The number of amides is 1. The maximum absolute atomic E-state index is 12.6. The van der Waals surface area contributed by atoms with Crippen molar-refractivity contribution in [2.45, 2.75) is 19.9 Å². The van der Waals surface area contributed by atoms with E-state index in [1.54, 1.807) is 18.1 Å². The zero-order valence-electron chi connectivity index (χ0n) is 12.2. The van der Waals surface area contributed by atoms with Crippen LogP contribution in [-0.2, 0) is 11.3 Å². The highest BCUT2D eigenvalue weighted by Gasteiger charge is 2.38. The summed E-state index contributed by atoms with van der Waals surface area (Å²) >= 11 is 6.02. The predicted molar refractivity (Wildman–Crippen MR) is 80.1 cm³/mol. The van der Waals surface area contributed by atoms with E-state index in [-0.39, 0.29) is 11.3 Å². The number of hydrogen-bond donors (Lipinski definition) is 1. The van der Waals surface area contributed by atoms with E-state index in [2.05, 4.69) is 5.32 Å². The Morgan fingerprint density at radius 3 is 2.90 bits per heavy atom. The van der Waals surface area contributed by atoms with E-state index in [1.807, 2.05) is 26.1 Å². The summed E-state index contributed by atoms with van der Waals surface area (Å²) in [5.74, 6) is 0.910. The highest BCUT2D eigenvalue weighted by molar-refractivity contribution is 6.30. The normalized spacial score (nSPS) is 21.8. The van der Waals surface area contributed by atoms with Crippen molar-refractivity contribution >= 4 is 17.5 Å². The number of ether oxygens (including phenoxy) is 1. The Bertz CT molecular complexity index is 499. The van der Waals surface area contributed by atoms with Crippen LogP contribution in [-0.4, -0.2) is 38.1 Å². The number of halogens is 1. The topological polar surface area (TPSA) is 41.6 Å². The van der Waals surface area contributed by atoms with Crippen LogP contribution in [0.3, 0.4) is 0 Å². The monoisotopic (exact) mass is 296 g/mol. The first-order chi connectivity index (χ1) is 9.46. The molecule has 0 saturated carbocycles. The molecule has 0 aromatic heterocycles. The molecule has 5 heteroatoms. The first-order valence-corrected chi connectivity index (χ1v) is 7.13. The molecular weight excluding hydrogens is 276 g/mol. The number of carbonyl (C=O) groups is 1. The van der Waals surface area contributed by atoms with Crippen molar-refractivity contribution in [2.75, 3.05) is 27.2 Å². The number of rotatable bonds is 4. The van der Waals surface area contributed by atoms with Crippen LogP contribution in [0.25, 0.3) is 0 Å². The second kappa shape index (κ2) is 6.02. The first-order valence-electron chi connectivity index (χ1n) is 6.75. The molecule has 0 radical (unpaired) electrons. The van der Waals surface area contributed by atoms with Crippen molar-refractivity contribution in [2.24, 2.45) is 5.41 Å². The van der Waals surface area contributed by atoms with Gasteiger partial charge in [-0.15, -0.1) is 0 Å². The third kappa shape index (κ3) is 3.07. The largest absolute Gasteiger partial charge is 0.496 e. The SMILES string of the molecule is COc1ccc(Cl)cc1CN(C)C(=O)C1(C)CCNC1. The molecule has 1 N–H and O–H groups in total. The Morgan fingerprint density at radius 2 is 2.30 bits per heavy atom. The van der Waals surface area contributed by atoms with E-state index >= 15 is 0 Å². The summed E-state index contributed by atoms with van der Waals surface area (Å²) in [6.07, 6.45) is 0.878. The number of benzene rings is 1. The van der Waals surface area contributed by atoms with Crippen LogP contribution in [0.4, 0.5) is 0 Å². The van der Waals surface area contributed by atoms with Crippen molar-refractivity contribution in [3.8, 4) is 5.75 Å². The molecule has 1 heterocycles. The molecule has 4 nitrogen and oxygen atoms in total. The fraction of sp³-hybridized carbons (Fsp3) is 0.533. The number of nitrogens with zero attached hydrogens (tertiary/aromatic N) is 1. The van der Waals surface area contributed by atoms with Crippen LogP contribution in [0.15, 0.2) is 18.2 Å². The van der Waals surface area contributed by atoms with Crippen molar-refractivity contribution in [3.63, 3.8) is 0 Å². The lowest BCUT2D eigenvalue weighted by molar-refractivity contribution is -0.139. The standard InChI is InChI=1S/C15H21ClN2O2/c1-15(6-7-17-10-15)14(19)18(2)9-11-8-12(16)4-5-13(11)20-3/h4-5,8,17H,6-7,9-10H2,1-3H3. The Labute approximate surface area is 125 Å². The molecule has 0 spiro atoms. The molecule has 1 saturated heterocycles. The summed E-state index contributed by atoms with van der Waals surface area (Å²) < 4.78 is 5.32. The molecule has 2 rings (SSSR count). The van der Waals surface area contributed by atoms with Crippen LogP contribution in [0.5, 0.6) is 5.75 Å². The third-order valence-electron chi connectivity index (χ3n) is 3.88. The third-order valence-corrected chi connectivity index (χ3v) is 4.12. The zero-order chi connectivity index (χ0) is 14.8. The zero-order valence-corrected chi connectivity index (χ0v) is 13.0. The lowest BCUT2D eigenvalue weighted by Crippen LogP contribution is -2.41.